The molecule has 0 aliphatic rings. The summed E-state index contributed by atoms with van der Waals surface area (Å²) in [5.41, 5.74) is 0.575. The van der Waals surface area contributed by atoms with E-state index in [0.29, 0.717) is 18.1 Å². The number of amides is 1. The van der Waals surface area contributed by atoms with Crippen LogP contribution in [0.4, 0.5) is 4.79 Å². The number of halogens is 2. The molecule has 0 spiro atoms. The van der Waals surface area contributed by atoms with Crippen LogP contribution in [0.3, 0.4) is 0 Å². The minimum atomic E-state index is -0.481. The molecule has 3 nitrogen and oxygen atoms in total. The lowest BCUT2D eigenvalue weighted by Gasteiger charge is -2.27. The summed E-state index contributed by atoms with van der Waals surface area (Å²) in [6, 6.07) is 7.59. The van der Waals surface area contributed by atoms with E-state index >= 15 is 0 Å². The van der Waals surface area contributed by atoms with Gasteiger partial charge in [0.15, 0.2) is 0 Å². The van der Waals surface area contributed by atoms with Crippen molar-refractivity contribution in [3.63, 3.8) is 0 Å². The van der Waals surface area contributed by atoms with E-state index in [1.165, 1.54) is 12.8 Å². The van der Waals surface area contributed by atoms with Gasteiger partial charge in [-0.1, -0.05) is 52.5 Å². The molecule has 0 bridgehead atoms. The van der Waals surface area contributed by atoms with Gasteiger partial charge in [-0.05, 0) is 51.3 Å². The molecule has 0 unspecified atom stereocenters. The molecule has 0 saturated carbocycles. The SMILES string of the molecule is CC(C)(C)OC(=O)N(CCCCCCBr)Cc1ccc(Cl)cc1. The quantitative estimate of drug-likeness (QED) is 0.391. The van der Waals surface area contributed by atoms with Crippen LogP contribution in [0.5, 0.6) is 0 Å². The van der Waals surface area contributed by atoms with E-state index in [4.69, 9.17) is 16.3 Å². The number of hydrogen-bond acceptors (Lipinski definition) is 2. The Hall–Kier alpha value is -0.740. The van der Waals surface area contributed by atoms with E-state index in [1.807, 2.05) is 45.0 Å². The molecule has 0 atom stereocenters. The number of alkyl halides is 1. The normalized spacial score (nSPS) is 11.3. The second-order valence-electron chi connectivity index (χ2n) is 6.63. The largest absolute Gasteiger partial charge is 0.444 e. The topological polar surface area (TPSA) is 29.5 Å². The predicted octanol–water partition coefficient (Wildman–Crippen LogP) is 6.03. The smallest absolute Gasteiger partial charge is 0.410 e. The molecule has 1 amide bonds. The zero-order chi connectivity index (χ0) is 17.3. The third-order valence-electron chi connectivity index (χ3n) is 3.25. The fourth-order valence-electron chi connectivity index (χ4n) is 2.12. The molecule has 0 fully saturated rings. The van der Waals surface area contributed by atoms with Crippen LogP contribution in [-0.4, -0.2) is 28.5 Å². The summed E-state index contributed by atoms with van der Waals surface area (Å²) in [4.78, 5) is 14.2. The van der Waals surface area contributed by atoms with Crippen molar-refractivity contribution in [2.45, 2.75) is 58.6 Å². The van der Waals surface area contributed by atoms with Gasteiger partial charge in [0.05, 0.1) is 0 Å². The van der Waals surface area contributed by atoms with E-state index < -0.39 is 5.60 Å². The fraction of sp³-hybridized carbons (Fsp3) is 0.611. The van der Waals surface area contributed by atoms with Gasteiger partial charge in [-0.25, -0.2) is 4.79 Å². The van der Waals surface area contributed by atoms with E-state index in [9.17, 15) is 4.79 Å². The lowest BCUT2D eigenvalue weighted by molar-refractivity contribution is 0.0230. The van der Waals surface area contributed by atoms with Crippen molar-refractivity contribution in [1.29, 1.82) is 0 Å². The van der Waals surface area contributed by atoms with Gasteiger partial charge in [0, 0.05) is 23.4 Å². The minimum Gasteiger partial charge on any atom is -0.444 e. The maximum Gasteiger partial charge on any atom is 0.410 e. The van der Waals surface area contributed by atoms with Crippen molar-refractivity contribution in [2.24, 2.45) is 0 Å². The number of benzene rings is 1. The Morgan fingerprint density at radius 3 is 2.30 bits per heavy atom. The lowest BCUT2D eigenvalue weighted by atomic mass is 10.1. The van der Waals surface area contributed by atoms with E-state index in [2.05, 4.69) is 15.9 Å². The molecule has 0 N–H and O–H groups in total. The van der Waals surface area contributed by atoms with Crippen molar-refractivity contribution >= 4 is 33.6 Å². The maximum absolute atomic E-state index is 12.4. The third-order valence-corrected chi connectivity index (χ3v) is 4.06. The van der Waals surface area contributed by atoms with Crippen LogP contribution in [0.2, 0.25) is 5.02 Å². The van der Waals surface area contributed by atoms with Gasteiger partial charge >= 0.3 is 6.09 Å². The average molecular weight is 405 g/mol. The van der Waals surface area contributed by atoms with Crippen LogP contribution in [0.1, 0.15) is 52.0 Å². The monoisotopic (exact) mass is 403 g/mol. The highest BCUT2D eigenvalue weighted by atomic mass is 79.9. The Balaban J connectivity index is 2.63. The van der Waals surface area contributed by atoms with Gasteiger partial charge in [0.25, 0.3) is 0 Å². The predicted molar refractivity (Wildman–Crippen MR) is 100 cm³/mol. The second kappa shape index (κ2) is 10.2. The van der Waals surface area contributed by atoms with E-state index in [-0.39, 0.29) is 6.09 Å². The van der Waals surface area contributed by atoms with Crippen molar-refractivity contribution in [1.82, 2.24) is 4.90 Å². The molecule has 1 aromatic rings. The number of unbranched alkanes of at least 4 members (excludes halogenated alkanes) is 3. The first-order valence-electron chi connectivity index (χ1n) is 8.10. The standard InChI is InChI=1S/C18H27BrClNO2/c1-18(2,3)23-17(22)21(13-7-5-4-6-12-19)14-15-8-10-16(20)11-9-15/h8-11H,4-7,12-14H2,1-3H3. The summed E-state index contributed by atoms with van der Waals surface area (Å²) >= 11 is 9.36. The van der Waals surface area contributed by atoms with Crippen LogP contribution in [0, 0.1) is 0 Å². The Bertz CT molecular complexity index is 471. The lowest BCUT2D eigenvalue weighted by Crippen LogP contribution is -2.37. The summed E-state index contributed by atoms with van der Waals surface area (Å²) in [5, 5.41) is 1.74. The number of carbonyl (C=O) groups excluding carboxylic acids is 1. The zero-order valence-electron chi connectivity index (χ0n) is 14.3. The summed E-state index contributed by atoms with van der Waals surface area (Å²) in [6.07, 6.45) is 4.19. The molecule has 0 aliphatic carbocycles. The van der Waals surface area contributed by atoms with Gasteiger partial charge in [-0.2, -0.15) is 0 Å². The van der Waals surface area contributed by atoms with Crippen molar-refractivity contribution in [2.75, 3.05) is 11.9 Å². The second-order valence-corrected chi connectivity index (χ2v) is 7.86. The van der Waals surface area contributed by atoms with Crippen molar-refractivity contribution in [3.05, 3.63) is 34.9 Å². The van der Waals surface area contributed by atoms with Crippen LogP contribution in [-0.2, 0) is 11.3 Å². The molecule has 0 heterocycles. The molecule has 1 aromatic carbocycles. The number of carbonyl (C=O) groups is 1. The number of hydrogen-bond donors (Lipinski definition) is 0. The highest BCUT2D eigenvalue weighted by molar-refractivity contribution is 9.09. The van der Waals surface area contributed by atoms with E-state index in [0.717, 1.165) is 23.7 Å². The molecule has 5 heteroatoms. The highest BCUT2D eigenvalue weighted by Gasteiger charge is 2.22. The van der Waals surface area contributed by atoms with Gasteiger partial charge in [0.1, 0.15) is 5.60 Å². The number of rotatable bonds is 8. The molecule has 1 rings (SSSR count). The molecule has 0 saturated heterocycles. The minimum absolute atomic E-state index is 0.257. The summed E-state index contributed by atoms with van der Waals surface area (Å²) in [7, 11) is 0. The Labute approximate surface area is 153 Å². The molecular weight excluding hydrogens is 378 g/mol. The molecule has 0 radical (unpaired) electrons. The van der Waals surface area contributed by atoms with Crippen LogP contribution in [0.25, 0.3) is 0 Å². The fourth-order valence-corrected chi connectivity index (χ4v) is 2.64. The number of ether oxygens (including phenoxy) is 1. The van der Waals surface area contributed by atoms with Gasteiger partial charge in [0.2, 0.25) is 0 Å². The van der Waals surface area contributed by atoms with Crippen molar-refractivity contribution in [3.8, 4) is 0 Å². The summed E-state index contributed by atoms with van der Waals surface area (Å²) in [5.74, 6) is 0. The van der Waals surface area contributed by atoms with Gasteiger partial charge in [-0.3, -0.25) is 0 Å². The zero-order valence-corrected chi connectivity index (χ0v) is 16.6. The van der Waals surface area contributed by atoms with E-state index in [1.54, 1.807) is 4.90 Å². The summed E-state index contributed by atoms with van der Waals surface area (Å²) < 4.78 is 5.53. The first-order valence-corrected chi connectivity index (χ1v) is 9.60. The molecule has 23 heavy (non-hydrogen) atoms. The van der Waals surface area contributed by atoms with Crippen LogP contribution < -0.4 is 0 Å². The maximum atomic E-state index is 12.4. The number of nitrogens with zero attached hydrogens (tertiary/aromatic N) is 1. The average Bonchev–Trinajstić information content (AvgIpc) is 2.46. The highest BCUT2D eigenvalue weighted by Crippen LogP contribution is 2.16. The summed E-state index contributed by atoms with van der Waals surface area (Å²) in [6.45, 7) is 6.93. The Morgan fingerprint density at radius 2 is 1.74 bits per heavy atom. The Morgan fingerprint density at radius 1 is 1.13 bits per heavy atom. The molecule has 130 valence electrons. The van der Waals surface area contributed by atoms with Gasteiger partial charge < -0.3 is 9.64 Å². The van der Waals surface area contributed by atoms with Crippen molar-refractivity contribution < 1.29 is 9.53 Å². The first kappa shape index (κ1) is 20.3. The van der Waals surface area contributed by atoms with Gasteiger partial charge in [-0.15, -0.1) is 0 Å². The molecular formula is C18H27BrClNO2. The molecule has 0 aliphatic heterocycles. The van der Waals surface area contributed by atoms with Crippen LogP contribution in [0.15, 0.2) is 24.3 Å². The third kappa shape index (κ3) is 9.21. The van der Waals surface area contributed by atoms with Crippen LogP contribution >= 0.6 is 27.5 Å². The first-order chi connectivity index (χ1) is 10.8. The molecule has 0 aromatic heterocycles. The Kier molecular flexibility index (Phi) is 9.00.